The van der Waals surface area contributed by atoms with Crippen LogP contribution >= 0.6 is 34.9 Å². The van der Waals surface area contributed by atoms with Gasteiger partial charge in [0.1, 0.15) is 5.65 Å². The zero-order valence-electron chi connectivity index (χ0n) is 12.6. The Morgan fingerprint density at radius 1 is 1.22 bits per heavy atom. The van der Waals surface area contributed by atoms with Gasteiger partial charge in [0.15, 0.2) is 8.68 Å². The minimum atomic E-state index is -0.0562. The number of thioether (sulfide) groups is 2. The van der Waals surface area contributed by atoms with E-state index in [4.69, 9.17) is 0 Å². The summed E-state index contributed by atoms with van der Waals surface area (Å²) in [5, 5.41) is 8.39. The Kier molecular flexibility index (Phi) is 5.69. The lowest BCUT2D eigenvalue weighted by molar-refractivity contribution is 0.892. The topological polar surface area (TPSA) is 60.2 Å². The monoisotopic (exact) mass is 364 g/mol. The third kappa shape index (κ3) is 4.33. The van der Waals surface area contributed by atoms with Crippen molar-refractivity contribution in [3.8, 4) is 0 Å². The Bertz CT molecular complexity index is 846. The Hall–Kier alpha value is -1.38. The van der Waals surface area contributed by atoms with E-state index < -0.39 is 0 Å². The van der Waals surface area contributed by atoms with Gasteiger partial charge in [-0.3, -0.25) is 9.20 Å². The van der Waals surface area contributed by atoms with Gasteiger partial charge in [-0.2, -0.15) is 0 Å². The molecule has 0 N–H and O–H groups in total. The minimum Gasteiger partial charge on any atom is -0.269 e. The zero-order chi connectivity index (χ0) is 16.1. The van der Waals surface area contributed by atoms with E-state index in [1.807, 2.05) is 18.2 Å². The van der Waals surface area contributed by atoms with Crippen molar-refractivity contribution >= 4 is 40.5 Å². The normalized spacial score (nSPS) is 11.2. The molecular formula is C15H16N4OS3. The Morgan fingerprint density at radius 2 is 2.04 bits per heavy atom. The second-order valence-corrected chi connectivity index (χ2v) is 8.38. The third-order valence-corrected chi connectivity index (χ3v) is 6.39. The van der Waals surface area contributed by atoms with Crippen LogP contribution in [0.4, 0.5) is 0 Å². The number of pyridine rings is 1. The first-order chi connectivity index (χ1) is 11.3. The van der Waals surface area contributed by atoms with Crippen LogP contribution in [0.5, 0.6) is 0 Å². The average Bonchev–Trinajstić information content (AvgIpc) is 3.01. The maximum atomic E-state index is 12.0. The highest BCUT2D eigenvalue weighted by Gasteiger charge is 2.07. The van der Waals surface area contributed by atoms with Crippen LogP contribution in [0, 0.1) is 0 Å². The molecule has 3 rings (SSSR count). The van der Waals surface area contributed by atoms with Gasteiger partial charge in [0.05, 0.1) is 5.69 Å². The summed E-state index contributed by atoms with van der Waals surface area (Å²) in [4.78, 5) is 16.6. The summed E-state index contributed by atoms with van der Waals surface area (Å²) in [7, 11) is 0. The van der Waals surface area contributed by atoms with Gasteiger partial charge in [-0.25, -0.2) is 4.98 Å². The summed E-state index contributed by atoms with van der Waals surface area (Å²) in [5.74, 6) is 1.70. The maximum absolute atomic E-state index is 12.0. The van der Waals surface area contributed by atoms with Crippen LogP contribution in [-0.4, -0.2) is 25.3 Å². The molecule has 0 saturated heterocycles. The van der Waals surface area contributed by atoms with Crippen LogP contribution < -0.4 is 5.56 Å². The largest absolute Gasteiger partial charge is 0.269 e. The molecule has 0 radical (unpaired) electrons. The number of hydrogen-bond donors (Lipinski definition) is 0. The molecule has 3 heterocycles. The SMILES string of the molecule is CCCCSc1nnc(SCc2cc(=O)n3ccccc3n2)s1. The molecule has 0 spiro atoms. The van der Waals surface area contributed by atoms with Gasteiger partial charge in [-0.15, -0.1) is 10.2 Å². The van der Waals surface area contributed by atoms with E-state index in [0.29, 0.717) is 11.4 Å². The second-order valence-electron chi connectivity index (χ2n) is 4.84. The molecule has 0 bridgehead atoms. The molecule has 0 fully saturated rings. The fraction of sp³-hybridized carbons (Fsp3) is 0.333. The van der Waals surface area contributed by atoms with Gasteiger partial charge in [0, 0.05) is 23.8 Å². The van der Waals surface area contributed by atoms with Crippen LogP contribution in [0.2, 0.25) is 0 Å². The van der Waals surface area contributed by atoms with Crippen molar-refractivity contribution in [3.05, 3.63) is 46.5 Å². The van der Waals surface area contributed by atoms with Gasteiger partial charge >= 0.3 is 0 Å². The van der Waals surface area contributed by atoms with Crippen LogP contribution in [0.15, 0.2) is 43.9 Å². The van der Waals surface area contributed by atoms with E-state index in [9.17, 15) is 4.79 Å². The van der Waals surface area contributed by atoms with E-state index in [0.717, 1.165) is 20.1 Å². The molecular weight excluding hydrogens is 348 g/mol. The third-order valence-electron chi connectivity index (χ3n) is 3.08. The van der Waals surface area contributed by atoms with Gasteiger partial charge in [0.25, 0.3) is 5.56 Å². The van der Waals surface area contributed by atoms with Crippen molar-refractivity contribution in [1.82, 2.24) is 19.6 Å². The zero-order valence-corrected chi connectivity index (χ0v) is 15.1. The summed E-state index contributed by atoms with van der Waals surface area (Å²) in [6.45, 7) is 2.18. The standard InChI is InChI=1S/C15H16N4OS3/c1-2-3-8-21-14-17-18-15(23-14)22-10-11-9-13(20)19-7-5-4-6-12(19)16-11/h4-7,9H,2-3,8,10H2,1H3. The first-order valence-corrected chi connectivity index (χ1v) is 10.1. The lowest BCUT2D eigenvalue weighted by atomic mass is 10.4. The predicted octanol–water partition coefficient (Wildman–Crippen LogP) is 3.73. The van der Waals surface area contributed by atoms with Crippen molar-refractivity contribution < 1.29 is 0 Å². The van der Waals surface area contributed by atoms with Crippen molar-refractivity contribution in [2.75, 3.05) is 5.75 Å². The molecule has 0 atom stereocenters. The summed E-state index contributed by atoms with van der Waals surface area (Å²) < 4.78 is 3.47. The Morgan fingerprint density at radius 3 is 2.87 bits per heavy atom. The molecule has 8 heteroatoms. The molecule has 120 valence electrons. The quantitative estimate of drug-likeness (QED) is 0.470. The molecule has 0 saturated carbocycles. The minimum absolute atomic E-state index is 0.0562. The lowest BCUT2D eigenvalue weighted by Gasteiger charge is -2.02. The molecule has 0 aliphatic carbocycles. The first-order valence-electron chi connectivity index (χ1n) is 7.32. The molecule has 23 heavy (non-hydrogen) atoms. The Labute approximate surface area is 146 Å². The fourth-order valence-electron chi connectivity index (χ4n) is 1.93. The lowest BCUT2D eigenvalue weighted by Crippen LogP contribution is -2.14. The van der Waals surface area contributed by atoms with Crippen LogP contribution in [0.1, 0.15) is 25.5 Å². The van der Waals surface area contributed by atoms with Gasteiger partial charge < -0.3 is 0 Å². The van der Waals surface area contributed by atoms with Crippen molar-refractivity contribution in [2.24, 2.45) is 0 Å². The highest BCUT2D eigenvalue weighted by atomic mass is 32.2. The fourth-order valence-corrected chi connectivity index (χ4v) is 5.00. The highest BCUT2D eigenvalue weighted by molar-refractivity contribution is 8.02. The van der Waals surface area contributed by atoms with E-state index in [1.165, 1.54) is 12.8 Å². The van der Waals surface area contributed by atoms with E-state index in [-0.39, 0.29) is 5.56 Å². The van der Waals surface area contributed by atoms with E-state index >= 15 is 0 Å². The summed E-state index contributed by atoms with van der Waals surface area (Å²) >= 11 is 4.93. The second kappa shape index (κ2) is 7.94. The Balaban J connectivity index is 1.65. The average molecular weight is 365 g/mol. The number of rotatable bonds is 7. The molecule has 0 unspecified atom stereocenters. The van der Waals surface area contributed by atoms with Gasteiger partial charge in [0.2, 0.25) is 0 Å². The summed E-state index contributed by atoms with van der Waals surface area (Å²) in [6.07, 6.45) is 4.11. The molecule has 0 aliphatic rings. The van der Waals surface area contributed by atoms with Crippen LogP contribution in [0.3, 0.4) is 0 Å². The number of fused-ring (bicyclic) bond motifs is 1. The van der Waals surface area contributed by atoms with E-state index in [1.54, 1.807) is 51.5 Å². The molecule has 0 aliphatic heterocycles. The summed E-state index contributed by atoms with van der Waals surface area (Å²) in [6, 6.07) is 7.12. The first kappa shape index (κ1) is 16.5. The molecule has 3 aromatic rings. The van der Waals surface area contributed by atoms with Gasteiger partial charge in [-0.05, 0) is 18.6 Å². The predicted molar refractivity (Wildman–Crippen MR) is 96.6 cm³/mol. The highest BCUT2D eigenvalue weighted by Crippen LogP contribution is 2.30. The van der Waals surface area contributed by atoms with Crippen molar-refractivity contribution in [1.29, 1.82) is 0 Å². The van der Waals surface area contributed by atoms with E-state index in [2.05, 4.69) is 22.1 Å². The maximum Gasteiger partial charge on any atom is 0.258 e. The van der Waals surface area contributed by atoms with Crippen molar-refractivity contribution in [2.45, 2.75) is 34.2 Å². The van der Waals surface area contributed by atoms with Crippen LogP contribution in [0.25, 0.3) is 5.65 Å². The van der Waals surface area contributed by atoms with Crippen molar-refractivity contribution in [3.63, 3.8) is 0 Å². The molecule has 3 aromatic heterocycles. The molecule has 5 nitrogen and oxygen atoms in total. The molecule has 0 aromatic carbocycles. The number of unbranched alkanes of at least 4 members (excludes halogenated alkanes) is 1. The summed E-state index contributed by atoms with van der Waals surface area (Å²) in [5.41, 5.74) is 1.38. The van der Waals surface area contributed by atoms with Crippen LogP contribution in [-0.2, 0) is 5.75 Å². The smallest absolute Gasteiger partial charge is 0.258 e. The molecule has 0 amide bonds. The number of nitrogens with zero attached hydrogens (tertiary/aromatic N) is 4. The van der Waals surface area contributed by atoms with Gasteiger partial charge in [-0.1, -0.05) is 54.3 Å². The number of aromatic nitrogens is 4. The number of hydrogen-bond acceptors (Lipinski definition) is 7.